The summed E-state index contributed by atoms with van der Waals surface area (Å²) in [7, 11) is 1.58. The van der Waals surface area contributed by atoms with E-state index in [0.29, 0.717) is 29.2 Å². The molecule has 7 heteroatoms. The van der Waals surface area contributed by atoms with Crippen LogP contribution in [0.2, 0.25) is 0 Å². The number of halogens is 1. The summed E-state index contributed by atoms with van der Waals surface area (Å²) in [4.78, 5) is 31.6. The molecule has 1 aromatic heterocycles. The van der Waals surface area contributed by atoms with E-state index < -0.39 is 11.9 Å². The molecular formula is C23H20FN3O3. The number of pyridine rings is 1. The Hall–Kier alpha value is -3.74. The highest BCUT2D eigenvalue weighted by atomic mass is 19.1. The number of anilines is 1. The summed E-state index contributed by atoms with van der Waals surface area (Å²) in [6, 6.07) is 15.9. The second-order valence-electron chi connectivity index (χ2n) is 6.90. The van der Waals surface area contributed by atoms with Gasteiger partial charge in [-0.05, 0) is 42.5 Å². The number of hydrogen-bond donors (Lipinski definition) is 1. The van der Waals surface area contributed by atoms with Crippen LogP contribution in [0.3, 0.4) is 0 Å². The van der Waals surface area contributed by atoms with E-state index >= 15 is 0 Å². The number of ether oxygens (including phenoxy) is 1. The molecule has 0 spiro atoms. The maximum absolute atomic E-state index is 13.4. The Balaban J connectivity index is 1.56. The average Bonchev–Trinajstić information content (AvgIpc) is 3.05. The Morgan fingerprint density at radius 1 is 1.13 bits per heavy atom. The van der Waals surface area contributed by atoms with E-state index in [1.807, 2.05) is 24.3 Å². The minimum absolute atomic E-state index is 0.0300. The first kappa shape index (κ1) is 19.6. The number of nitrogens with one attached hydrogen (secondary N) is 1. The van der Waals surface area contributed by atoms with Crippen LogP contribution in [-0.4, -0.2) is 23.9 Å². The van der Waals surface area contributed by atoms with E-state index in [9.17, 15) is 14.0 Å². The lowest BCUT2D eigenvalue weighted by Gasteiger charge is -2.24. The number of methoxy groups -OCH3 is 1. The number of rotatable bonds is 6. The minimum Gasteiger partial charge on any atom is -0.496 e. The van der Waals surface area contributed by atoms with E-state index in [1.54, 1.807) is 25.4 Å². The average molecular weight is 405 g/mol. The standard InChI is InChI=1S/C23H20FN3O3/c1-30-20-7-3-2-5-15(20)14-26-21(28)13-19-22-18(6-4-12-25-22)23(29)27(19)17-10-8-16(24)9-11-17/h2-12,19H,13-14H2,1H3,(H,26,28)/t19-/m0/s1. The van der Waals surface area contributed by atoms with Gasteiger partial charge < -0.3 is 10.1 Å². The molecule has 30 heavy (non-hydrogen) atoms. The van der Waals surface area contributed by atoms with Gasteiger partial charge in [0.1, 0.15) is 11.6 Å². The summed E-state index contributed by atoms with van der Waals surface area (Å²) in [6.45, 7) is 0.301. The molecule has 0 aliphatic carbocycles. The number of hydrogen-bond acceptors (Lipinski definition) is 4. The number of nitrogens with zero attached hydrogens (tertiary/aromatic N) is 2. The lowest BCUT2D eigenvalue weighted by molar-refractivity contribution is -0.121. The molecule has 2 amide bonds. The van der Waals surface area contributed by atoms with Crippen molar-refractivity contribution in [3.05, 3.63) is 89.5 Å². The molecule has 0 bridgehead atoms. The van der Waals surface area contributed by atoms with Crippen molar-refractivity contribution < 1.29 is 18.7 Å². The first-order valence-electron chi connectivity index (χ1n) is 9.51. The third kappa shape index (κ3) is 3.74. The monoisotopic (exact) mass is 405 g/mol. The highest BCUT2D eigenvalue weighted by Crippen LogP contribution is 2.38. The van der Waals surface area contributed by atoms with E-state index in [-0.39, 0.29) is 18.2 Å². The van der Waals surface area contributed by atoms with Crippen LogP contribution in [0, 0.1) is 5.82 Å². The van der Waals surface area contributed by atoms with Crippen molar-refractivity contribution in [3.63, 3.8) is 0 Å². The van der Waals surface area contributed by atoms with Crippen LogP contribution in [0.4, 0.5) is 10.1 Å². The molecule has 2 aromatic carbocycles. The van der Waals surface area contributed by atoms with Crippen LogP contribution >= 0.6 is 0 Å². The zero-order chi connectivity index (χ0) is 21.1. The Morgan fingerprint density at radius 3 is 2.67 bits per heavy atom. The van der Waals surface area contributed by atoms with Crippen molar-refractivity contribution in [1.82, 2.24) is 10.3 Å². The van der Waals surface area contributed by atoms with E-state index in [2.05, 4.69) is 10.3 Å². The number of fused-ring (bicyclic) bond motifs is 1. The SMILES string of the molecule is COc1ccccc1CNC(=O)C[C@H]1c2ncccc2C(=O)N1c1ccc(F)cc1. The fourth-order valence-corrected chi connectivity index (χ4v) is 3.63. The first-order chi connectivity index (χ1) is 14.6. The molecule has 2 heterocycles. The number of amides is 2. The van der Waals surface area contributed by atoms with Crippen molar-refractivity contribution in [2.24, 2.45) is 0 Å². The number of carbonyl (C=O) groups excluding carboxylic acids is 2. The minimum atomic E-state index is -0.572. The van der Waals surface area contributed by atoms with Gasteiger partial charge in [-0.15, -0.1) is 0 Å². The second kappa shape index (κ2) is 8.32. The Bertz CT molecular complexity index is 1090. The Morgan fingerprint density at radius 2 is 1.90 bits per heavy atom. The largest absolute Gasteiger partial charge is 0.496 e. The van der Waals surface area contributed by atoms with Crippen molar-refractivity contribution >= 4 is 17.5 Å². The fraction of sp³-hybridized carbons (Fsp3) is 0.174. The molecule has 1 atom stereocenters. The van der Waals surface area contributed by atoms with Crippen molar-refractivity contribution in [2.75, 3.05) is 12.0 Å². The van der Waals surface area contributed by atoms with Gasteiger partial charge in [0.25, 0.3) is 5.91 Å². The molecule has 1 aliphatic heterocycles. The predicted molar refractivity (Wildman–Crippen MR) is 110 cm³/mol. The van der Waals surface area contributed by atoms with Crippen LogP contribution in [0.5, 0.6) is 5.75 Å². The number of benzene rings is 2. The molecule has 1 N–H and O–H groups in total. The maximum atomic E-state index is 13.4. The van der Waals surface area contributed by atoms with Gasteiger partial charge in [0.2, 0.25) is 5.91 Å². The van der Waals surface area contributed by atoms with Gasteiger partial charge in [0.15, 0.2) is 0 Å². The lowest BCUT2D eigenvalue weighted by Crippen LogP contribution is -2.33. The van der Waals surface area contributed by atoms with Crippen molar-refractivity contribution in [2.45, 2.75) is 19.0 Å². The zero-order valence-electron chi connectivity index (χ0n) is 16.3. The third-order valence-electron chi connectivity index (χ3n) is 5.07. The molecule has 4 rings (SSSR count). The number of aromatic nitrogens is 1. The highest BCUT2D eigenvalue weighted by Gasteiger charge is 2.39. The van der Waals surface area contributed by atoms with Crippen LogP contribution in [0.15, 0.2) is 66.9 Å². The normalized spacial score (nSPS) is 15.1. The Kier molecular flexibility index (Phi) is 5.43. The van der Waals surface area contributed by atoms with Crippen LogP contribution in [0.25, 0.3) is 0 Å². The molecule has 0 saturated heterocycles. The number of carbonyl (C=O) groups is 2. The molecule has 0 unspecified atom stereocenters. The summed E-state index contributed by atoms with van der Waals surface area (Å²) in [6.07, 6.45) is 1.63. The zero-order valence-corrected chi connectivity index (χ0v) is 16.3. The van der Waals surface area contributed by atoms with Gasteiger partial charge in [0, 0.05) is 24.0 Å². The van der Waals surface area contributed by atoms with Crippen LogP contribution < -0.4 is 15.0 Å². The second-order valence-corrected chi connectivity index (χ2v) is 6.90. The fourth-order valence-electron chi connectivity index (χ4n) is 3.63. The quantitative estimate of drug-likeness (QED) is 0.680. The van der Waals surface area contributed by atoms with Gasteiger partial charge in [-0.2, -0.15) is 0 Å². The first-order valence-corrected chi connectivity index (χ1v) is 9.51. The van der Waals surface area contributed by atoms with Gasteiger partial charge >= 0.3 is 0 Å². The molecule has 0 fully saturated rings. The molecule has 0 radical (unpaired) electrons. The summed E-state index contributed by atoms with van der Waals surface area (Å²) < 4.78 is 18.7. The molecule has 1 aliphatic rings. The van der Waals surface area contributed by atoms with Gasteiger partial charge in [-0.1, -0.05) is 18.2 Å². The van der Waals surface area contributed by atoms with Crippen LogP contribution in [-0.2, 0) is 11.3 Å². The predicted octanol–water partition coefficient (Wildman–Crippen LogP) is 3.64. The van der Waals surface area contributed by atoms with Crippen LogP contribution in [0.1, 0.15) is 34.1 Å². The molecular weight excluding hydrogens is 385 g/mol. The topological polar surface area (TPSA) is 71.5 Å². The molecule has 6 nitrogen and oxygen atoms in total. The van der Waals surface area contributed by atoms with E-state index in [1.165, 1.54) is 29.2 Å². The maximum Gasteiger partial charge on any atom is 0.260 e. The summed E-state index contributed by atoms with van der Waals surface area (Å²) in [5, 5.41) is 2.88. The van der Waals surface area contributed by atoms with Crippen molar-refractivity contribution in [3.8, 4) is 5.75 Å². The third-order valence-corrected chi connectivity index (χ3v) is 5.07. The molecule has 3 aromatic rings. The number of para-hydroxylation sites is 1. The van der Waals surface area contributed by atoms with E-state index in [0.717, 1.165) is 5.56 Å². The summed E-state index contributed by atoms with van der Waals surface area (Å²) >= 11 is 0. The van der Waals surface area contributed by atoms with E-state index in [4.69, 9.17) is 4.74 Å². The van der Waals surface area contributed by atoms with Gasteiger partial charge in [-0.3, -0.25) is 19.5 Å². The van der Waals surface area contributed by atoms with Gasteiger partial charge in [-0.25, -0.2) is 4.39 Å². The molecule has 0 saturated carbocycles. The highest BCUT2D eigenvalue weighted by molar-refractivity contribution is 6.11. The lowest BCUT2D eigenvalue weighted by atomic mass is 10.1. The summed E-state index contributed by atoms with van der Waals surface area (Å²) in [5.41, 5.74) is 2.36. The Labute approximate surface area is 173 Å². The molecule has 152 valence electrons. The van der Waals surface area contributed by atoms with Crippen molar-refractivity contribution in [1.29, 1.82) is 0 Å². The van der Waals surface area contributed by atoms with Gasteiger partial charge in [0.05, 0.1) is 30.8 Å². The summed E-state index contributed by atoms with van der Waals surface area (Å²) in [5.74, 6) is -0.197. The smallest absolute Gasteiger partial charge is 0.260 e.